The molecule has 1 aromatic heterocycles. The summed E-state index contributed by atoms with van der Waals surface area (Å²) < 4.78 is 47.0. The number of thiazole rings is 1. The van der Waals surface area contributed by atoms with Gasteiger partial charge in [-0.2, -0.15) is 0 Å². The molecule has 3 aromatic rings. The van der Waals surface area contributed by atoms with Crippen LogP contribution >= 0.6 is 11.3 Å². The van der Waals surface area contributed by atoms with Crippen molar-refractivity contribution in [2.75, 3.05) is 38.2 Å². The highest BCUT2D eigenvalue weighted by Gasteiger charge is 2.31. The molecular formula is C21H20F3N3O3S. The summed E-state index contributed by atoms with van der Waals surface area (Å²) in [5, 5.41) is 0.724. The molecule has 164 valence electrons. The van der Waals surface area contributed by atoms with Crippen molar-refractivity contribution in [2.24, 2.45) is 0 Å². The summed E-state index contributed by atoms with van der Waals surface area (Å²) in [4.78, 5) is 21.0. The normalized spacial score (nSPS) is 14.7. The largest absolute Gasteiger partial charge is 0.573 e. The number of methoxy groups -OCH3 is 1. The van der Waals surface area contributed by atoms with Crippen LogP contribution in [0.1, 0.15) is 5.56 Å². The average Bonchev–Trinajstić information content (AvgIpc) is 3.16. The Labute approximate surface area is 180 Å². The zero-order valence-corrected chi connectivity index (χ0v) is 17.5. The van der Waals surface area contributed by atoms with Crippen LogP contribution in [0.25, 0.3) is 10.2 Å². The Morgan fingerprint density at radius 2 is 1.74 bits per heavy atom. The number of anilines is 1. The van der Waals surface area contributed by atoms with Gasteiger partial charge in [-0.15, -0.1) is 13.2 Å². The number of nitrogens with zero attached hydrogens (tertiary/aromatic N) is 3. The number of alkyl halides is 3. The van der Waals surface area contributed by atoms with Crippen molar-refractivity contribution >= 4 is 32.6 Å². The maximum absolute atomic E-state index is 12.6. The van der Waals surface area contributed by atoms with E-state index in [9.17, 15) is 18.0 Å². The molecule has 0 radical (unpaired) electrons. The van der Waals surface area contributed by atoms with Crippen LogP contribution < -0.4 is 14.4 Å². The quantitative estimate of drug-likeness (QED) is 0.585. The third-order valence-electron chi connectivity index (χ3n) is 5.00. The molecule has 1 aliphatic heterocycles. The highest BCUT2D eigenvalue weighted by atomic mass is 32.1. The predicted octanol–water partition coefficient (Wildman–Crippen LogP) is 4.09. The van der Waals surface area contributed by atoms with Crippen molar-refractivity contribution in [1.29, 1.82) is 0 Å². The predicted molar refractivity (Wildman–Crippen MR) is 112 cm³/mol. The van der Waals surface area contributed by atoms with Crippen molar-refractivity contribution in [3.8, 4) is 11.5 Å². The Morgan fingerprint density at radius 3 is 2.39 bits per heavy atom. The average molecular weight is 451 g/mol. The molecule has 2 heterocycles. The number of fused-ring (bicyclic) bond motifs is 1. The van der Waals surface area contributed by atoms with Crippen molar-refractivity contribution in [2.45, 2.75) is 12.8 Å². The number of carbonyl (C=O) groups excluding carboxylic acids is 1. The number of piperazine rings is 1. The third kappa shape index (κ3) is 5.19. The lowest BCUT2D eigenvalue weighted by Crippen LogP contribution is -2.49. The van der Waals surface area contributed by atoms with Crippen LogP contribution in [0.5, 0.6) is 11.5 Å². The zero-order valence-electron chi connectivity index (χ0n) is 16.7. The Bertz CT molecular complexity index is 1060. The number of aromatic nitrogens is 1. The molecule has 10 heteroatoms. The first-order valence-corrected chi connectivity index (χ1v) is 10.4. The van der Waals surface area contributed by atoms with Crippen molar-refractivity contribution < 1.29 is 27.4 Å². The summed E-state index contributed by atoms with van der Waals surface area (Å²) in [6, 6.07) is 11.5. The second-order valence-electron chi connectivity index (χ2n) is 7.07. The number of amides is 1. The standard InChI is InChI=1S/C21H20F3N3O3S/c1-29-15-4-2-14(3-5-15)12-19(28)26-8-10-27(11-9-26)20-25-17-7-6-16(13-18(17)31-20)30-21(22,23)24/h2-7,13H,8-12H2,1H3. The molecule has 0 bridgehead atoms. The van der Waals surface area contributed by atoms with Crippen LogP contribution in [0.15, 0.2) is 42.5 Å². The summed E-state index contributed by atoms with van der Waals surface area (Å²) in [5.74, 6) is 0.546. The molecule has 0 aliphatic carbocycles. The van der Waals surface area contributed by atoms with Crippen LogP contribution in [0, 0.1) is 0 Å². The minimum Gasteiger partial charge on any atom is -0.497 e. The van der Waals surface area contributed by atoms with Crippen molar-refractivity contribution in [1.82, 2.24) is 9.88 Å². The lowest BCUT2D eigenvalue weighted by molar-refractivity contribution is -0.274. The Morgan fingerprint density at radius 1 is 1.06 bits per heavy atom. The van der Waals surface area contributed by atoms with Gasteiger partial charge in [0.05, 0.1) is 23.7 Å². The Hall–Kier alpha value is -3.01. The molecule has 31 heavy (non-hydrogen) atoms. The molecule has 0 saturated carbocycles. The number of benzene rings is 2. The summed E-state index contributed by atoms with van der Waals surface area (Å²) >= 11 is 1.31. The number of halogens is 3. The van der Waals surface area contributed by atoms with E-state index in [0.717, 1.165) is 16.4 Å². The molecular weight excluding hydrogens is 431 g/mol. The molecule has 6 nitrogen and oxygen atoms in total. The van der Waals surface area contributed by atoms with Gasteiger partial charge in [0.25, 0.3) is 0 Å². The monoisotopic (exact) mass is 451 g/mol. The topological polar surface area (TPSA) is 54.9 Å². The molecule has 0 spiro atoms. The lowest BCUT2D eigenvalue weighted by atomic mass is 10.1. The van der Waals surface area contributed by atoms with Gasteiger partial charge >= 0.3 is 6.36 Å². The fourth-order valence-corrected chi connectivity index (χ4v) is 4.45. The van der Waals surface area contributed by atoms with E-state index in [4.69, 9.17) is 4.74 Å². The fraction of sp³-hybridized carbons (Fsp3) is 0.333. The zero-order chi connectivity index (χ0) is 22.0. The van der Waals surface area contributed by atoms with Gasteiger partial charge in [-0.25, -0.2) is 4.98 Å². The van der Waals surface area contributed by atoms with Crippen LogP contribution in [0.2, 0.25) is 0 Å². The number of carbonyl (C=O) groups is 1. The van der Waals surface area contributed by atoms with E-state index in [2.05, 4.69) is 9.72 Å². The summed E-state index contributed by atoms with van der Waals surface area (Å²) in [7, 11) is 1.60. The first-order chi connectivity index (χ1) is 14.8. The van der Waals surface area contributed by atoms with Gasteiger partial charge in [0, 0.05) is 32.2 Å². The molecule has 0 atom stereocenters. The van der Waals surface area contributed by atoms with Gasteiger partial charge in [-0.1, -0.05) is 23.5 Å². The smallest absolute Gasteiger partial charge is 0.497 e. The highest BCUT2D eigenvalue weighted by Crippen LogP contribution is 2.33. The van der Waals surface area contributed by atoms with Gasteiger partial charge < -0.3 is 19.3 Å². The van der Waals surface area contributed by atoms with Gasteiger partial charge in [0.1, 0.15) is 11.5 Å². The van der Waals surface area contributed by atoms with Crippen LogP contribution in [0.4, 0.5) is 18.3 Å². The Balaban J connectivity index is 1.36. The van der Waals surface area contributed by atoms with Crippen molar-refractivity contribution in [3.05, 3.63) is 48.0 Å². The van der Waals surface area contributed by atoms with Gasteiger partial charge in [0.2, 0.25) is 5.91 Å². The number of hydrogen-bond donors (Lipinski definition) is 0. The van der Waals surface area contributed by atoms with E-state index in [1.54, 1.807) is 7.11 Å². The minimum absolute atomic E-state index is 0.0584. The minimum atomic E-state index is -4.73. The van der Waals surface area contributed by atoms with E-state index in [0.29, 0.717) is 42.8 Å². The van der Waals surface area contributed by atoms with Crippen molar-refractivity contribution in [3.63, 3.8) is 0 Å². The second-order valence-corrected chi connectivity index (χ2v) is 8.08. The first kappa shape index (κ1) is 21.2. The van der Waals surface area contributed by atoms with Gasteiger partial charge in [-0.3, -0.25) is 4.79 Å². The third-order valence-corrected chi connectivity index (χ3v) is 6.08. The highest BCUT2D eigenvalue weighted by molar-refractivity contribution is 7.22. The van der Waals surface area contributed by atoms with Crippen LogP contribution in [-0.2, 0) is 11.2 Å². The number of ether oxygens (including phenoxy) is 2. The molecule has 0 N–H and O–H groups in total. The van der Waals surface area contributed by atoms with E-state index in [-0.39, 0.29) is 11.7 Å². The fourth-order valence-electron chi connectivity index (χ4n) is 3.40. The van der Waals surface area contributed by atoms with E-state index < -0.39 is 6.36 Å². The van der Waals surface area contributed by atoms with Gasteiger partial charge in [0.15, 0.2) is 5.13 Å². The molecule has 0 unspecified atom stereocenters. The first-order valence-electron chi connectivity index (χ1n) is 9.63. The lowest BCUT2D eigenvalue weighted by Gasteiger charge is -2.34. The number of rotatable bonds is 5. The SMILES string of the molecule is COc1ccc(CC(=O)N2CCN(c3nc4ccc(OC(F)(F)F)cc4s3)CC2)cc1. The molecule has 1 amide bonds. The number of hydrogen-bond acceptors (Lipinski definition) is 6. The van der Waals surface area contributed by atoms with Gasteiger partial charge in [-0.05, 0) is 29.8 Å². The van der Waals surface area contributed by atoms with E-state index in [1.165, 1.54) is 29.5 Å². The maximum atomic E-state index is 12.6. The van der Waals surface area contributed by atoms with Crippen LogP contribution in [0.3, 0.4) is 0 Å². The molecule has 1 aliphatic rings. The molecule has 1 fully saturated rings. The summed E-state index contributed by atoms with van der Waals surface area (Å²) in [6.45, 7) is 2.35. The molecule has 4 rings (SSSR count). The van der Waals surface area contributed by atoms with E-state index in [1.807, 2.05) is 34.1 Å². The summed E-state index contributed by atoms with van der Waals surface area (Å²) in [5.41, 5.74) is 1.55. The maximum Gasteiger partial charge on any atom is 0.573 e. The second kappa shape index (κ2) is 8.62. The van der Waals surface area contributed by atoms with Crippen LogP contribution in [-0.4, -0.2) is 55.4 Å². The molecule has 2 aromatic carbocycles. The van der Waals surface area contributed by atoms with E-state index >= 15 is 0 Å². The Kier molecular flexibility index (Phi) is 5.90. The summed E-state index contributed by atoms with van der Waals surface area (Å²) in [6.07, 6.45) is -4.40. The molecule has 1 saturated heterocycles.